The average Bonchev–Trinajstić information content (AvgIpc) is 2.25. The second-order valence-corrected chi connectivity index (χ2v) is 3.93. The van der Waals surface area contributed by atoms with Gasteiger partial charge in [0.2, 0.25) is 0 Å². The van der Waals surface area contributed by atoms with E-state index in [1.165, 1.54) is 12.8 Å². The summed E-state index contributed by atoms with van der Waals surface area (Å²) in [4.78, 5) is 11.3. The van der Waals surface area contributed by atoms with Crippen molar-refractivity contribution < 1.29 is 9.53 Å². The van der Waals surface area contributed by atoms with Crippen LogP contribution in [0.2, 0.25) is 0 Å². The van der Waals surface area contributed by atoms with E-state index in [2.05, 4.69) is 5.32 Å². The molecule has 0 amide bonds. The lowest BCUT2D eigenvalue weighted by molar-refractivity contribution is -0.123. The van der Waals surface area contributed by atoms with E-state index >= 15 is 0 Å². The molecule has 1 rings (SSSR count). The molecule has 0 aromatic carbocycles. The van der Waals surface area contributed by atoms with Crippen LogP contribution in [0.25, 0.3) is 0 Å². The number of ketones is 1. The Hall–Kier alpha value is -0.410. The van der Waals surface area contributed by atoms with Crippen molar-refractivity contribution in [1.29, 1.82) is 0 Å². The number of hydrogen-bond donors (Lipinski definition) is 1. The second kappa shape index (κ2) is 6.96. The van der Waals surface area contributed by atoms with Crippen molar-refractivity contribution in [1.82, 2.24) is 5.32 Å². The van der Waals surface area contributed by atoms with Gasteiger partial charge < -0.3 is 10.1 Å². The fourth-order valence-corrected chi connectivity index (χ4v) is 1.82. The van der Waals surface area contributed by atoms with Gasteiger partial charge in [0.15, 0.2) is 5.78 Å². The maximum Gasteiger partial charge on any atom is 0.158 e. The molecule has 0 aromatic heterocycles. The van der Waals surface area contributed by atoms with E-state index in [-0.39, 0.29) is 5.78 Å². The fourth-order valence-electron chi connectivity index (χ4n) is 1.82. The Kier molecular flexibility index (Phi) is 5.80. The molecular weight excluding hydrogens is 178 g/mol. The van der Waals surface area contributed by atoms with Crippen LogP contribution in [0, 0.1) is 5.92 Å². The van der Waals surface area contributed by atoms with Crippen LogP contribution in [0.5, 0.6) is 0 Å². The molecule has 1 aliphatic rings. The highest BCUT2D eigenvalue weighted by Crippen LogP contribution is 2.15. The first kappa shape index (κ1) is 11.7. The van der Waals surface area contributed by atoms with E-state index in [9.17, 15) is 4.79 Å². The minimum atomic E-state index is 0.248. The van der Waals surface area contributed by atoms with Crippen LogP contribution in [0.3, 0.4) is 0 Å². The summed E-state index contributed by atoms with van der Waals surface area (Å²) in [5, 5.41) is 3.36. The predicted octanol–water partition coefficient (Wildman–Crippen LogP) is 1.37. The van der Waals surface area contributed by atoms with E-state index in [0.717, 1.165) is 19.5 Å². The Morgan fingerprint density at radius 3 is 3.07 bits per heavy atom. The van der Waals surface area contributed by atoms with Gasteiger partial charge in [-0.25, -0.2) is 0 Å². The third-order valence-electron chi connectivity index (χ3n) is 2.70. The molecule has 3 heteroatoms. The van der Waals surface area contributed by atoms with Crippen LogP contribution in [-0.4, -0.2) is 32.1 Å². The van der Waals surface area contributed by atoms with Gasteiger partial charge in [-0.2, -0.15) is 0 Å². The molecule has 0 radical (unpaired) electrons. The van der Waals surface area contributed by atoms with Crippen molar-refractivity contribution in [3.8, 4) is 0 Å². The van der Waals surface area contributed by atoms with Gasteiger partial charge in [-0.05, 0) is 45.2 Å². The first-order chi connectivity index (χ1) is 6.83. The van der Waals surface area contributed by atoms with Crippen LogP contribution in [0.15, 0.2) is 0 Å². The van der Waals surface area contributed by atoms with Gasteiger partial charge >= 0.3 is 0 Å². The van der Waals surface area contributed by atoms with Gasteiger partial charge in [0.1, 0.15) is 6.61 Å². The van der Waals surface area contributed by atoms with Crippen molar-refractivity contribution in [2.45, 2.75) is 32.6 Å². The third-order valence-corrected chi connectivity index (χ3v) is 2.70. The lowest BCUT2D eigenvalue weighted by Gasteiger charge is -2.22. The average molecular weight is 199 g/mol. The molecule has 1 heterocycles. The molecule has 3 nitrogen and oxygen atoms in total. The molecule has 0 bridgehead atoms. The number of rotatable bonds is 6. The lowest BCUT2D eigenvalue weighted by Crippen LogP contribution is -2.30. The lowest BCUT2D eigenvalue weighted by atomic mass is 9.94. The van der Waals surface area contributed by atoms with Gasteiger partial charge in [-0.15, -0.1) is 0 Å². The van der Waals surface area contributed by atoms with Crippen LogP contribution in [-0.2, 0) is 9.53 Å². The second-order valence-electron chi connectivity index (χ2n) is 3.93. The summed E-state index contributed by atoms with van der Waals surface area (Å²) in [6, 6.07) is 0. The molecule has 82 valence electrons. The molecule has 1 saturated heterocycles. The number of hydrogen-bond acceptors (Lipinski definition) is 3. The van der Waals surface area contributed by atoms with Gasteiger partial charge in [-0.3, -0.25) is 4.79 Å². The Morgan fingerprint density at radius 2 is 2.43 bits per heavy atom. The van der Waals surface area contributed by atoms with E-state index in [1.807, 2.05) is 6.92 Å². The molecule has 1 unspecified atom stereocenters. The van der Waals surface area contributed by atoms with Gasteiger partial charge in [0.25, 0.3) is 0 Å². The van der Waals surface area contributed by atoms with E-state index in [1.54, 1.807) is 0 Å². The predicted molar refractivity (Wildman–Crippen MR) is 56.3 cm³/mol. The number of carbonyl (C=O) groups excluding carboxylic acids is 1. The van der Waals surface area contributed by atoms with E-state index < -0.39 is 0 Å². The van der Waals surface area contributed by atoms with E-state index in [0.29, 0.717) is 25.6 Å². The largest absolute Gasteiger partial charge is 0.374 e. The Labute approximate surface area is 86.2 Å². The quantitative estimate of drug-likeness (QED) is 0.702. The van der Waals surface area contributed by atoms with Crippen molar-refractivity contribution in [3.05, 3.63) is 0 Å². The van der Waals surface area contributed by atoms with Crippen LogP contribution < -0.4 is 5.32 Å². The number of piperidine rings is 1. The molecular formula is C11H21NO2. The fraction of sp³-hybridized carbons (Fsp3) is 0.909. The number of Topliss-reactive ketones (excluding diaryl/α,β-unsaturated/α-hetero) is 1. The summed E-state index contributed by atoms with van der Waals surface area (Å²) < 4.78 is 5.07. The van der Waals surface area contributed by atoms with Crippen LogP contribution in [0.1, 0.15) is 32.6 Å². The van der Waals surface area contributed by atoms with Gasteiger partial charge in [0.05, 0.1) is 0 Å². The highest BCUT2D eigenvalue weighted by atomic mass is 16.5. The standard InChI is InChI=1S/C11H21NO2/c1-2-14-9-11(13)6-5-10-4-3-7-12-8-10/h10,12H,2-9H2,1H3. The molecule has 0 spiro atoms. The third kappa shape index (κ3) is 4.72. The zero-order valence-electron chi connectivity index (χ0n) is 9.05. The van der Waals surface area contributed by atoms with E-state index in [4.69, 9.17) is 4.74 Å². The summed E-state index contributed by atoms with van der Waals surface area (Å²) in [6.07, 6.45) is 4.24. The molecule has 0 aromatic rings. The first-order valence-corrected chi connectivity index (χ1v) is 5.63. The SMILES string of the molecule is CCOCC(=O)CCC1CCCNC1. The summed E-state index contributed by atoms with van der Waals surface area (Å²) >= 11 is 0. The Bertz CT molecular complexity index is 165. The molecule has 14 heavy (non-hydrogen) atoms. The summed E-state index contributed by atoms with van der Waals surface area (Å²) in [5.41, 5.74) is 0. The summed E-state index contributed by atoms with van der Waals surface area (Å²) in [5.74, 6) is 0.951. The molecule has 0 aliphatic carbocycles. The Morgan fingerprint density at radius 1 is 1.57 bits per heavy atom. The monoisotopic (exact) mass is 199 g/mol. The smallest absolute Gasteiger partial charge is 0.158 e. The van der Waals surface area contributed by atoms with Crippen LogP contribution >= 0.6 is 0 Å². The molecule has 1 aliphatic heterocycles. The topological polar surface area (TPSA) is 38.3 Å². The minimum absolute atomic E-state index is 0.248. The van der Waals surface area contributed by atoms with Crippen molar-refractivity contribution in [2.75, 3.05) is 26.3 Å². The minimum Gasteiger partial charge on any atom is -0.374 e. The maximum absolute atomic E-state index is 11.3. The first-order valence-electron chi connectivity index (χ1n) is 5.63. The molecule has 1 N–H and O–H groups in total. The molecule has 1 atom stereocenters. The molecule has 0 saturated carbocycles. The normalized spacial score (nSPS) is 22.2. The number of ether oxygens (including phenoxy) is 1. The molecule has 1 fully saturated rings. The zero-order chi connectivity index (χ0) is 10.2. The van der Waals surface area contributed by atoms with Crippen molar-refractivity contribution in [3.63, 3.8) is 0 Å². The van der Waals surface area contributed by atoms with Gasteiger partial charge in [-0.1, -0.05) is 0 Å². The maximum atomic E-state index is 11.3. The highest BCUT2D eigenvalue weighted by molar-refractivity contribution is 5.79. The number of nitrogens with one attached hydrogen (secondary N) is 1. The van der Waals surface area contributed by atoms with Crippen molar-refractivity contribution in [2.24, 2.45) is 5.92 Å². The summed E-state index contributed by atoms with van der Waals surface area (Å²) in [7, 11) is 0. The zero-order valence-corrected chi connectivity index (χ0v) is 9.05. The number of carbonyl (C=O) groups is 1. The Balaban J connectivity index is 2.03. The summed E-state index contributed by atoms with van der Waals surface area (Å²) in [6.45, 7) is 5.08. The van der Waals surface area contributed by atoms with Crippen molar-refractivity contribution >= 4 is 5.78 Å². The van der Waals surface area contributed by atoms with Gasteiger partial charge in [0, 0.05) is 13.0 Å². The van der Waals surface area contributed by atoms with Crippen LogP contribution in [0.4, 0.5) is 0 Å². The highest BCUT2D eigenvalue weighted by Gasteiger charge is 2.14.